The Balaban J connectivity index is 1.88. The third kappa shape index (κ3) is 2.52. The predicted molar refractivity (Wildman–Crippen MR) is 72.9 cm³/mol. The lowest BCUT2D eigenvalue weighted by molar-refractivity contribution is -0.134. The summed E-state index contributed by atoms with van der Waals surface area (Å²) in [6, 6.07) is 10.0. The summed E-state index contributed by atoms with van der Waals surface area (Å²) in [5.74, 6) is 0. The van der Waals surface area contributed by atoms with Gasteiger partial charge in [-0.25, -0.2) is 4.98 Å². The maximum Gasteiger partial charge on any atom is 0.427 e. The molecule has 0 bridgehead atoms. The van der Waals surface area contributed by atoms with Crippen molar-refractivity contribution in [2.75, 3.05) is 11.4 Å². The Morgan fingerprint density at radius 1 is 1.20 bits per heavy atom. The third-order valence-corrected chi connectivity index (χ3v) is 4.53. The lowest BCUT2D eigenvalue weighted by Gasteiger charge is -2.24. The molecule has 2 aromatic rings. The summed E-state index contributed by atoms with van der Waals surface area (Å²) in [6.45, 7) is 0.754. The van der Waals surface area contributed by atoms with E-state index >= 15 is 0 Å². The molecule has 6 heteroatoms. The highest BCUT2D eigenvalue weighted by molar-refractivity contribution is 7.15. The van der Waals surface area contributed by atoms with E-state index in [0.717, 1.165) is 42.5 Å². The number of halogens is 3. The maximum absolute atomic E-state index is 12.7. The number of thiazole rings is 1. The largest absolute Gasteiger partial charge is 0.427 e. The molecular weight excluding hydrogens is 285 g/mol. The molecule has 1 atom stereocenters. The van der Waals surface area contributed by atoms with Crippen LogP contribution in [0.5, 0.6) is 0 Å². The molecule has 1 fully saturated rings. The maximum atomic E-state index is 12.7. The average molecular weight is 298 g/mol. The molecule has 1 aliphatic rings. The van der Waals surface area contributed by atoms with Gasteiger partial charge >= 0.3 is 6.18 Å². The average Bonchev–Trinajstić information content (AvgIpc) is 3.07. The minimum absolute atomic E-state index is 0.128. The third-order valence-electron chi connectivity index (χ3n) is 3.46. The van der Waals surface area contributed by atoms with Crippen LogP contribution in [0.2, 0.25) is 0 Å². The molecule has 0 aliphatic carbocycles. The molecule has 0 radical (unpaired) electrons. The first-order valence-electron chi connectivity index (χ1n) is 6.40. The van der Waals surface area contributed by atoms with Crippen LogP contribution in [0, 0.1) is 0 Å². The molecule has 2 nitrogen and oxygen atoms in total. The smallest absolute Gasteiger partial charge is 0.341 e. The van der Waals surface area contributed by atoms with Crippen LogP contribution in [0.15, 0.2) is 36.5 Å². The number of alkyl halides is 3. The second kappa shape index (κ2) is 5.09. The molecule has 0 amide bonds. The minimum Gasteiger partial charge on any atom is -0.341 e. The van der Waals surface area contributed by atoms with Gasteiger partial charge in [0, 0.05) is 6.54 Å². The van der Waals surface area contributed by atoms with Crippen LogP contribution in [0.4, 0.5) is 18.3 Å². The second-order valence-electron chi connectivity index (χ2n) is 4.77. The number of benzene rings is 1. The van der Waals surface area contributed by atoms with Gasteiger partial charge in [0.25, 0.3) is 0 Å². The Morgan fingerprint density at radius 3 is 2.60 bits per heavy atom. The fourth-order valence-corrected chi connectivity index (χ4v) is 3.41. The zero-order valence-corrected chi connectivity index (χ0v) is 11.4. The van der Waals surface area contributed by atoms with Crippen molar-refractivity contribution in [3.63, 3.8) is 0 Å². The highest BCUT2D eigenvalue weighted by Crippen LogP contribution is 2.41. The molecule has 1 saturated heterocycles. The van der Waals surface area contributed by atoms with E-state index in [2.05, 4.69) is 4.98 Å². The van der Waals surface area contributed by atoms with Gasteiger partial charge in [0.1, 0.15) is 4.88 Å². The van der Waals surface area contributed by atoms with Crippen LogP contribution < -0.4 is 4.90 Å². The Morgan fingerprint density at radius 2 is 1.95 bits per heavy atom. The molecular formula is C14H13F3N2S. The normalized spacial score (nSPS) is 19.6. The van der Waals surface area contributed by atoms with Gasteiger partial charge in [-0.3, -0.25) is 0 Å². The van der Waals surface area contributed by atoms with Crippen molar-refractivity contribution in [1.82, 2.24) is 4.98 Å². The molecule has 2 heterocycles. The van der Waals surface area contributed by atoms with Crippen LogP contribution >= 0.6 is 11.3 Å². The molecule has 1 unspecified atom stereocenters. The monoisotopic (exact) mass is 298 g/mol. The van der Waals surface area contributed by atoms with Crippen molar-refractivity contribution in [3.8, 4) is 0 Å². The van der Waals surface area contributed by atoms with E-state index in [4.69, 9.17) is 0 Å². The van der Waals surface area contributed by atoms with Crippen LogP contribution in [0.25, 0.3) is 0 Å². The molecule has 20 heavy (non-hydrogen) atoms. The zero-order chi connectivity index (χ0) is 14.2. The van der Waals surface area contributed by atoms with Gasteiger partial charge in [-0.15, -0.1) is 0 Å². The summed E-state index contributed by atoms with van der Waals surface area (Å²) in [5, 5.41) is 0.462. The van der Waals surface area contributed by atoms with Crippen molar-refractivity contribution in [3.05, 3.63) is 47.0 Å². The molecule has 1 aliphatic heterocycles. The van der Waals surface area contributed by atoms with Gasteiger partial charge in [0.2, 0.25) is 0 Å². The summed E-state index contributed by atoms with van der Waals surface area (Å²) in [5.41, 5.74) is 1.13. The highest BCUT2D eigenvalue weighted by atomic mass is 32.1. The summed E-state index contributed by atoms with van der Waals surface area (Å²) >= 11 is 0.725. The number of nitrogens with zero attached hydrogens (tertiary/aromatic N) is 2. The first-order valence-corrected chi connectivity index (χ1v) is 7.22. The highest BCUT2D eigenvalue weighted by Gasteiger charge is 2.35. The van der Waals surface area contributed by atoms with Crippen LogP contribution in [0.1, 0.15) is 29.3 Å². The van der Waals surface area contributed by atoms with E-state index in [-0.39, 0.29) is 6.04 Å². The van der Waals surface area contributed by atoms with Crippen molar-refractivity contribution in [2.45, 2.75) is 25.1 Å². The van der Waals surface area contributed by atoms with E-state index in [1.165, 1.54) is 0 Å². The van der Waals surface area contributed by atoms with Crippen molar-refractivity contribution in [2.24, 2.45) is 0 Å². The SMILES string of the molecule is FC(F)(F)c1cnc(N2CCCC2c2ccccc2)s1. The lowest BCUT2D eigenvalue weighted by atomic mass is 10.1. The van der Waals surface area contributed by atoms with Gasteiger partial charge < -0.3 is 4.90 Å². The zero-order valence-electron chi connectivity index (χ0n) is 10.6. The first-order chi connectivity index (χ1) is 9.55. The van der Waals surface area contributed by atoms with Gasteiger partial charge in [0.15, 0.2) is 5.13 Å². The van der Waals surface area contributed by atoms with Crippen LogP contribution in [-0.2, 0) is 6.18 Å². The number of anilines is 1. The van der Waals surface area contributed by atoms with Gasteiger partial charge in [0.05, 0.1) is 12.2 Å². The summed E-state index contributed by atoms with van der Waals surface area (Å²) in [6.07, 6.45) is -1.45. The van der Waals surface area contributed by atoms with Crippen LogP contribution in [0.3, 0.4) is 0 Å². The molecule has 0 saturated carbocycles. The molecule has 0 N–H and O–H groups in total. The Bertz CT molecular complexity index is 580. The summed E-state index contributed by atoms with van der Waals surface area (Å²) in [7, 11) is 0. The molecule has 106 valence electrons. The van der Waals surface area contributed by atoms with E-state index in [0.29, 0.717) is 5.13 Å². The van der Waals surface area contributed by atoms with Crippen molar-refractivity contribution >= 4 is 16.5 Å². The minimum atomic E-state index is -4.31. The van der Waals surface area contributed by atoms with E-state index in [1.807, 2.05) is 35.2 Å². The van der Waals surface area contributed by atoms with Gasteiger partial charge in [-0.05, 0) is 18.4 Å². The second-order valence-corrected chi connectivity index (χ2v) is 5.78. The Labute approximate surface area is 118 Å². The Kier molecular flexibility index (Phi) is 3.41. The van der Waals surface area contributed by atoms with Crippen LogP contribution in [-0.4, -0.2) is 11.5 Å². The van der Waals surface area contributed by atoms with Crippen molar-refractivity contribution < 1.29 is 13.2 Å². The number of hydrogen-bond donors (Lipinski definition) is 0. The number of hydrogen-bond acceptors (Lipinski definition) is 3. The molecule has 1 aromatic carbocycles. The fourth-order valence-electron chi connectivity index (χ4n) is 2.55. The lowest BCUT2D eigenvalue weighted by Crippen LogP contribution is -2.22. The van der Waals surface area contributed by atoms with E-state index in [1.54, 1.807) is 0 Å². The first kappa shape index (κ1) is 13.4. The topological polar surface area (TPSA) is 16.1 Å². The van der Waals surface area contributed by atoms with E-state index < -0.39 is 11.1 Å². The standard InChI is InChI=1S/C14H13F3N2S/c15-14(16,17)12-9-18-13(20-12)19-8-4-7-11(19)10-5-2-1-3-6-10/h1-3,5-6,9,11H,4,7-8H2. The molecule has 3 rings (SSSR count). The van der Waals surface area contributed by atoms with E-state index in [9.17, 15) is 13.2 Å². The number of rotatable bonds is 2. The fraction of sp³-hybridized carbons (Fsp3) is 0.357. The predicted octanol–water partition coefficient (Wildman–Crippen LogP) is 4.50. The van der Waals surface area contributed by atoms with Gasteiger partial charge in [-0.2, -0.15) is 13.2 Å². The van der Waals surface area contributed by atoms with Crippen molar-refractivity contribution in [1.29, 1.82) is 0 Å². The molecule has 0 spiro atoms. The number of aromatic nitrogens is 1. The van der Waals surface area contributed by atoms with Gasteiger partial charge in [-0.1, -0.05) is 41.7 Å². The summed E-state index contributed by atoms with van der Waals surface area (Å²) in [4.78, 5) is 5.31. The summed E-state index contributed by atoms with van der Waals surface area (Å²) < 4.78 is 38.0. The Hall–Kier alpha value is -1.56. The quantitative estimate of drug-likeness (QED) is 0.811. The molecule has 1 aromatic heterocycles.